The predicted octanol–water partition coefficient (Wildman–Crippen LogP) is 5.14. The van der Waals surface area contributed by atoms with E-state index < -0.39 is 0 Å². The third kappa shape index (κ3) is 14.2. The van der Waals surface area contributed by atoms with Gasteiger partial charge in [-0.3, -0.25) is 0 Å². The van der Waals surface area contributed by atoms with Gasteiger partial charge in [-0.1, -0.05) is 88.7 Å². The standard InChI is InChI=1S/C14H29NS2/c1-3-4-5-6-7-8-9-10-11-12-13-17-14(16)15-2/h3-13H2,1-2H3,(H,15,16). The van der Waals surface area contributed by atoms with Gasteiger partial charge in [0.25, 0.3) is 0 Å². The smallest absolute Gasteiger partial charge is 0.133 e. The van der Waals surface area contributed by atoms with Gasteiger partial charge in [-0.15, -0.1) is 0 Å². The van der Waals surface area contributed by atoms with Crippen molar-refractivity contribution in [2.45, 2.75) is 71.1 Å². The van der Waals surface area contributed by atoms with Crippen molar-refractivity contribution in [1.29, 1.82) is 0 Å². The SMILES string of the molecule is CCCCCCCCCCCCSC(=S)NC. The van der Waals surface area contributed by atoms with Crippen LogP contribution < -0.4 is 5.32 Å². The van der Waals surface area contributed by atoms with E-state index >= 15 is 0 Å². The van der Waals surface area contributed by atoms with Crippen LogP contribution in [0.4, 0.5) is 0 Å². The van der Waals surface area contributed by atoms with Crippen LogP contribution in [0.1, 0.15) is 71.1 Å². The molecule has 0 atom stereocenters. The normalized spacial score (nSPS) is 10.5. The molecule has 3 heteroatoms. The van der Waals surface area contributed by atoms with E-state index in [-0.39, 0.29) is 0 Å². The minimum Gasteiger partial charge on any atom is -0.374 e. The highest BCUT2D eigenvalue weighted by Gasteiger charge is 1.95. The Kier molecular flexibility index (Phi) is 14.5. The lowest BCUT2D eigenvalue weighted by atomic mass is 10.1. The van der Waals surface area contributed by atoms with E-state index in [2.05, 4.69) is 12.2 Å². The first-order chi connectivity index (χ1) is 8.31. The number of nitrogens with one attached hydrogen (secondary N) is 1. The van der Waals surface area contributed by atoms with E-state index in [0.717, 1.165) is 4.32 Å². The van der Waals surface area contributed by atoms with Gasteiger partial charge in [0.2, 0.25) is 0 Å². The molecule has 0 unspecified atom stereocenters. The molecule has 0 spiro atoms. The first kappa shape index (κ1) is 17.2. The predicted molar refractivity (Wildman–Crippen MR) is 86.0 cm³/mol. The summed E-state index contributed by atoms with van der Waals surface area (Å²) in [5.41, 5.74) is 0. The Morgan fingerprint density at radius 3 is 1.82 bits per heavy atom. The molecule has 0 aliphatic heterocycles. The summed E-state index contributed by atoms with van der Waals surface area (Å²) in [6.07, 6.45) is 14.0. The Morgan fingerprint density at radius 1 is 0.882 bits per heavy atom. The van der Waals surface area contributed by atoms with Crippen LogP contribution in [0, 0.1) is 0 Å². The molecule has 0 saturated carbocycles. The van der Waals surface area contributed by atoms with Gasteiger partial charge in [-0.25, -0.2) is 0 Å². The van der Waals surface area contributed by atoms with Crippen LogP contribution in [0.25, 0.3) is 0 Å². The fourth-order valence-electron chi connectivity index (χ4n) is 1.83. The summed E-state index contributed by atoms with van der Waals surface area (Å²) in [7, 11) is 1.90. The quantitative estimate of drug-likeness (QED) is 0.414. The van der Waals surface area contributed by atoms with Crippen LogP contribution in [-0.4, -0.2) is 17.1 Å². The number of hydrogen-bond acceptors (Lipinski definition) is 2. The molecule has 17 heavy (non-hydrogen) atoms. The molecule has 0 aromatic carbocycles. The monoisotopic (exact) mass is 275 g/mol. The molecule has 0 saturated heterocycles. The maximum atomic E-state index is 5.08. The van der Waals surface area contributed by atoms with Crippen molar-refractivity contribution in [3.63, 3.8) is 0 Å². The van der Waals surface area contributed by atoms with E-state index in [1.165, 1.54) is 70.0 Å². The zero-order valence-corrected chi connectivity index (χ0v) is 13.2. The minimum absolute atomic E-state index is 0.931. The molecule has 0 aromatic rings. The Labute approximate surface area is 118 Å². The maximum absolute atomic E-state index is 5.08. The van der Waals surface area contributed by atoms with E-state index in [1.54, 1.807) is 11.8 Å². The lowest BCUT2D eigenvalue weighted by Gasteiger charge is -2.03. The molecule has 0 amide bonds. The summed E-state index contributed by atoms with van der Waals surface area (Å²) in [6.45, 7) is 2.28. The summed E-state index contributed by atoms with van der Waals surface area (Å²) >= 11 is 6.85. The van der Waals surface area contributed by atoms with Crippen molar-refractivity contribution in [3.05, 3.63) is 0 Å². The number of hydrogen-bond donors (Lipinski definition) is 1. The zero-order chi connectivity index (χ0) is 12.8. The zero-order valence-electron chi connectivity index (χ0n) is 11.6. The molecule has 0 rings (SSSR count). The molecular weight excluding hydrogens is 246 g/mol. The number of thioether (sulfide) groups is 1. The van der Waals surface area contributed by atoms with Crippen LogP contribution in [0.2, 0.25) is 0 Å². The van der Waals surface area contributed by atoms with Crippen molar-refractivity contribution >= 4 is 28.3 Å². The summed E-state index contributed by atoms with van der Waals surface area (Å²) < 4.78 is 0.931. The lowest BCUT2D eigenvalue weighted by molar-refractivity contribution is 0.563. The average molecular weight is 276 g/mol. The second-order valence-corrected chi connectivity index (χ2v) is 6.34. The second kappa shape index (κ2) is 14.3. The summed E-state index contributed by atoms with van der Waals surface area (Å²) in [5.74, 6) is 1.18. The van der Waals surface area contributed by atoms with Gasteiger partial charge in [0.05, 0.1) is 0 Å². The molecule has 0 bridgehead atoms. The van der Waals surface area contributed by atoms with Gasteiger partial charge in [0.15, 0.2) is 0 Å². The van der Waals surface area contributed by atoms with E-state index in [1.807, 2.05) is 7.05 Å². The van der Waals surface area contributed by atoms with Crippen molar-refractivity contribution in [1.82, 2.24) is 5.32 Å². The molecule has 102 valence electrons. The fraction of sp³-hybridized carbons (Fsp3) is 0.929. The number of thiocarbonyl (C=S) groups is 1. The molecule has 0 radical (unpaired) electrons. The minimum atomic E-state index is 0.931. The maximum Gasteiger partial charge on any atom is 0.133 e. The van der Waals surface area contributed by atoms with Gasteiger partial charge in [-0.05, 0) is 6.42 Å². The van der Waals surface area contributed by atoms with Crippen molar-refractivity contribution < 1.29 is 0 Å². The van der Waals surface area contributed by atoms with Crippen LogP contribution in [-0.2, 0) is 0 Å². The Bertz CT molecular complexity index is 172. The van der Waals surface area contributed by atoms with Crippen molar-refractivity contribution in [2.24, 2.45) is 0 Å². The van der Waals surface area contributed by atoms with Gasteiger partial charge < -0.3 is 5.32 Å². The van der Waals surface area contributed by atoms with Crippen molar-refractivity contribution in [3.8, 4) is 0 Å². The highest BCUT2D eigenvalue weighted by molar-refractivity contribution is 8.22. The van der Waals surface area contributed by atoms with Crippen molar-refractivity contribution in [2.75, 3.05) is 12.8 Å². The molecule has 0 heterocycles. The highest BCUT2D eigenvalue weighted by atomic mass is 32.2. The van der Waals surface area contributed by atoms with Gasteiger partial charge in [0.1, 0.15) is 4.32 Å². The van der Waals surface area contributed by atoms with E-state index in [4.69, 9.17) is 12.2 Å². The van der Waals surface area contributed by atoms with Crippen LogP contribution in [0.3, 0.4) is 0 Å². The average Bonchev–Trinajstić information content (AvgIpc) is 2.35. The van der Waals surface area contributed by atoms with Crippen LogP contribution in [0.5, 0.6) is 0 Å². The Hall–Kier alpha value is 0.240. The van der Waals surface area contributed by atoms with Gasteiger partial charge in [0, 0.05) is 12.8 Å². The van der Waals surface area contributed by atoms with Crippen LogP contribution in [0.15, 0.2) is 0 Å². The topological polar surface area (TPSA) is 12.0 Å². The molecule has 0 aromatic heterocycles. The Morgan fingerprint density at radius 2 is 1.35 bits per heavy atom. The van der Waals surface area contributed by atoms with E-state index in [0.29, 0.717) is 0 Å². The number of unbranched alkanes of at least 4 members (excludes halogenated alkanes) is 9. The first-order valence-electron chi connectivity index (χ1n) is 7.15. The molecule has 0 fully saturated rings. The Balaban J connectivity index is 2.96. The molecule has 0 aliphatic rings. The van der Waals surface area contributed by atoms with Gasteiger partial charge >= 0.3 is 0 Å². The fourth-order valence-corrected chi connectivity index (χ4v) is 2.75. The third-order valence-electron chi connectivity index (χ3n) is 2.94. The third-order valence-corrected chi connectivity index (χ3v) is 4.45. The van der Waals surface area contributed by atoms with Crippen LogP contribution >= 0.6 is 24.0 Å². The summed E-state index contributed by atoms with van der Waals surface area (Å²) in [6, 6.07) is 0. The van der Waals surface area contributed by atoms with E-state index in [9.17, 15) is 0 Å². The first-order valence-corrected chi connectivity index (χ1v) is 8.55. The lowest BCUT2D eigenvalue weighted by Crippen LogP contribution is -2.11. The molecule has 1 N–H and O–H groups in total. The highest BCUT2D eigenvalue weighted by Crippen LogP contribution is 2.12. The number of rotatable bonds is 11. The molecule has 1 nitrogen and oxygen atoms in total. The van der Waals surface area contributed by atoms with Gasteiger partial charge in [-0.2, -0.15) is 0 Å². The molecular formula is C14H29NS2. The molecule has 0 aliphatic carbocycles. The second-order valence-electron chi connectivity index (χ2n) is 4.57. The largest absolute Gasteiger partial charge is 0.374 e. The summed E-state index contributed by atoms with van der Waals surface area (Å²) in [5, 5.41) is 2.99. The summed E-state index contributed by atoms with van der Waals surface area (Å²) in [4.78, 5) is 0.